The molecule has 0 bridgehead atoms. The largest absolute Gasteiger partial charge is 0.493 e. The topological polar surface area (TPSA) is 30.5 Å². The first-order chi connectivity index (χ1) is 6.81. The Morgan fingerprint density at radius 3 is 2.86 bits per heavy atom. The Bertz CT molecular complexity index is 346. The highest BCUT2D eigenvalue weighted by atomic mass is 31.0. The number of rotatable bonds is 4. The average Bonchev–Trinajstić information content (AvgIpc) is 2.25. The molecule has 1 atom stereocenters. The molecule has 0 saturated carbocycles. The fourth-order valence-electron chi connectivity index (χ4n) is 1.03. The molecule has 0 fully saturated rings. The Morgan fingerprint density at radius 2 is 2.29 bits per heavy atom. The van der Waals surface area contributed by atoms with Crippen molar-refractivity contribution in [2.45, 2.75) is 0 Å². The van der Waals surface area contributed by atoms with E-state index in [0.29, 0.717) is 18.0 Å². The van der Waals surface area contributed by atoms with Crippen LogP contribution in [-0.4, -0.2) is 13.7 Å². The van der Waals surface area contributed by atoms with Crippen LogP contribution in [0.1, 0.15) is 0 Å². The van der Waals surface area contributed by atoms with E-state index in [1.165, 1.54) is 0 Å². The van der Waals surface area contributed by atoms with E-state index >= 15 is 0 Å². The summed E-state index contributed by atoms with van der Waals surface area (Å²) in [5.41, 5.74) is 0.904. The summed E-state index contributed by atoms with van der Waals surface area (Å²) in [6.45, 7) is 0.489. The quantitative estimate of drug-likeness (QED) is 0.607. The van der Waals surface area contributed by atoms with E-state index in [2.05, 4.69) is 20.7 Å². The molecule has 4 heteroatoms. The molecule has 1 aromatic rings. The minimum Gasteiger partial charge on any atom is -0.493 e. The summed E-state index contributed by atoms with van der Waals surface area (Å²) in [6.07, 6.45) is 5.13. The van der Waals surface area contributed by atoms with Gasteiger partial charge in [0.05, 0.1) is 23.1 Å². The first kappa shape index (κ1) is 10.7. The second-order valence-corrected chi connectivity index (χ2v) is 2.78. The molecule has 0 aromatic heterocycles. The second-order valence-electron chi connectivity index (χ2n) is 2.54. The fourth-order valence-corrected chi connectivity index (χ4v) is 1.22. The minimum absolute atomic E-state index is 0.489. The predicted octanol–water partition coefficient (Wildman–Crippen LogP) is 1.91. The van der Waals surface area contributed by atoms with E-state index in [4.69, 9.17) is 15.7 Å². The molecule has 1 N–H and O–H groups in total. The molecule has 0 amide bonds. The molecule has 3 nitrogen and oxygen atoms in total. The van der Waals surface area contributed by atoms with Crippen molar-refractivity contribution in [2.24, 2.45) is 0 Å². The number of hydrogen-bond acceptors (Lipinski definition) is 3. The van der Waals surface area contributed by atoms with Gasteiger partial charge < -0.3 is 14.6 Å². The lowest BCUT2D eigenvalue weighted by Crippen LogP contribution is -1.98. The average molecular weight is 209 g/mol. The Balaban J connectivity index is 2.85. The predicted molar refractivity (Wildman–Crippen MR) is 60.7 cm³/mol. The maximum absolute atomic E-state index is 5.13. The smallest absolute Gasteiger partial charge is 0.166 e. The van der Waals surface area contributed by atoms with Crippen LogP contribution < -0.4 is 14.6 Å². The first-order valence-corrected chi connectivity index (χ1v) is 4.51. The number of benzene rings is 1. The third kappa shape index (κ3) is 2.55. The fraction of sp³-hybridized carbons (Fsp3) is 0.200. The summed E-state index contributed by atoms with van der Waals surface area (Å²) >= 11 is 0. The Morgan fingerprint density at radius 1 is 1.50 bits per heavy atom. The molecular formula is C10H12NO2P. The van der Waals surface area contributed by atoms with Crippen molar-refractivity contribution in [2.75, 3.05) is 19.0 Å². The van der Waals surface area contributed by atoms with E-state index < -0.39 is 0 Å². The zero-order valence-corrected chi connectivity index (χ0v) is 9.07. The molecular weight excluding hydrogens is 197 g/mol. The van der Waals surface area contributed by atoms with Gasteiger partial charge in [0.15, 0.2) is 11.5 Å². The summed E-state index contributed by atoms with van der Waals surface area (Å²) in [7, 11) is 3.77. The highest BCUT2D eigenvalue weighted by molar-refractivity contribution is 7.10. The minimum atomic E-state index is 0.489. The van der Waals surface area contributed by atoms with Crippen molar-refractivity contribution in [1.29, 1.82) is 0 Å². The van der Waals surface area contributed by atoms with Crippen LogP contribution in [0, 0.1) is 12.3 Å². The third-order valence-corrected chi connectivity index (χ3v) is 1.94. The van der Waals surface area contributed by atoms with Crippen LogP contribution in [0.15, 0.2) is 18.2 Å². The van der Waals surface area contributed by atoms with Gasteiger partial charge in [0.2, 0.25) is 0 Å². The maximum Gasteiger partial charge on any atom is 0.166 e. The van der Waals surface area contributed by atoms with Gasteiger partial charge >= 0.3 is 0 Å². The summed E-state index contributed by atoms with van der Waals surface area (Å²) in [5, 5.41) is 3.04. The molecule has 14 heavy (non-hydrogen) atoms. The monoisotopic (exact) mass is 209 g/mol. The number of hydrogen-bond donors (Lipinski definition) is 1. The number of nitrogens with one attached hydrogen (secondary N) is 1. The third-order valence-electron chi connectivity index (χ3n) is 1.69. The number of ether oxygens (including phenoxy) is 1. The standard InChI is InChI=1S/C10H12NO2P/c1-3-6-11-8-4-5-9(12-2)10(7-8)13-14/h1,4-5,7,11H,6,14H2,2H3. The highest BCUT2D eigenvalue weighted by Gasteiger charge is 2.03. The van der Waals surface area contributed by atoms with Crippen molar-refractivity contribution in [3.05, 3.63) is 18.2 Å². The van der Waals surface area contributed by atoms with Gasteiger partial charge in [-0.15, -0.1) is 6.42 Å². The second kappa shape index (κ2) is 5.36. The molecule has 0 aliphatic heterocycles. The van der Waals surface area contributed by atoms with Gasteiger partial charge in [-0.05, 0) is 12.1 Å². The summed E-state index contributed by atoms with van der Waals surface area (Å²) < 4.78 is 10.1. The SMILES string of the molecule is C#CCNc1ccc(OC)c(OP)c1. The number of anilines is 1. The van der Waals surface area contributed by atoms with Crippen LogP contribution in [0.3, 0.4) is 0 Å². The summed E-state index contributed by atoms with van der Waals surface area (Å²) in [5.74, 6) is 3.83. The van der Waals surface area contributed by atoms with Crippen LogP contribution in [0.2, 0.25) is 0 Å². The van der Waals surface area contributed by atoms with Gasteiger partial charge in [0, 0.05) is 11.8 Å². The van der Waals surface area contributed by atoms with Gasteiger partial charge in [-0.1, -0.05) is 5.92 Å². The lowest BCUT2D eigenvalue weighted by Gasteiger charge is -2.09. The van der Waals surface area contributed by atoms with E-state index in [9.17, 15) is 0 Å². The van der Waals surface area contributed by atoms with Gasteiger partial charge in [0.25, 0.3) is 0 Å². The van der Waals surface area contributed by atoms with Gasteiger partial charge in [0.1, 0.15) is 0 Å². The lowest BCUT2D eigenvalue weighted by molar-refractivity contribution is 0.399. The summed E-state index contributed by atoms with van der Waals surface area (Å²) in [4.78, 5) is 0. The van der Waals surface area contributed by atoms with Crippen molar-refractivity contribution in [1.82, 2.24) is 0 Å². The molecule has 0 heterocycles. The highest BCUT2D eigenvalue weighted by Crippen LogP contribution is 2.31. The van der Waals surface area contributed by atoms with Gasteiger partial charge in [-0.2, -0.15) is 0 Å². The van der Waals surface area contributed by atoms with Crippen LogP contribution >= 0.6 is 9.47 Å². The lowest BCUT2D eigenvalue weighted by atomic mass is 10.3. The molecule has 1 aromatic carbocycles. The number of methoxy groups -OCH3 is 1. The van der Waals surface area contributed by atoms with Crippen molar-refractivity contribution in [3.63, 3.8) is 0 Å². The molecule has 74 valence electrons. The molecule has 1 unspecified atom stereocenters. The van der Waals surface area contributed by atoms with Crippen molar-refractivity contribution >= 4 is 15.2 Å². The Kier molecular flexibility index (Phi) is 4.10. The summed E-state index contributed by atoms with van der Waals surface area (Å²) in [6, 6.07) is 5.52. The number of terminal acetylenes is 1. The molecule has 0 aliphatic rings. The zero-order chi connectivity index (χ0) is 10.4. The van der Waals surface area contributed by atoms with Gasteiger partial charge in [-0.3, -0.25) is 0 Å². The first-order valence-electron chi connectivity index (χ1n) is 4.04. The molecule has 0 saturated heterocycles. The van der Waals surface area contributed by atoms with Gasteiger partial charge in [-0.25, -0.2) is 0 Å². The molecule has 0 aliphatic carbocycles. The molecule has 1 rings (SSSR count). The van der Waals surface area contributed by atoms with E-state index in [-0.39, 0.29) is 0 Å². The van der Waals surface area contributed by atoms with E-state index in [0.717, 1.165) is 5.69 Å². The molecule has 0 radical (unpaired) electrons. The van der Waals surface area contributed by atoms with E-state index in [1.54, 1.807) is 7.11 Å². The zero-order valence-electron chi connectivity index (χ0n) is 7.91. The van der Waals surface area contributed by atoms with E-state index in [1.807, 2.05) is 18.2 Å². The van der Waals surface area contributed by atoms with Crippen LogP contribution in [0.25, 0.3) is 0 Å². The van der Waals surface area contributed by atoms with Crippen molar-refractivity contribution < 1.29 is 9.26 Å². The Hall–Kier alpha value is -1.39. The van der Waals surface area contributed by atoms with Crippen LogP contribution in [0.5, 0.6) is 11.5 Å². The normalized spacial score (nSPS) is 8.93. The van der Waals surface area contributed by atoms with Crippen LogP contribution in [-0.2, 0) is 0 Å². The van der Waals surface area contributed by atoms with Crippen molar-refractivity contribution in [3.8, 4) is 23.8 Å². The maximum atomic E-state index is 5.13. The molecule has 0 spiro atoms. The van der Waals surface area contributed by atoms with Crippen LogP contribution in [0.4, 0.5) is 5.69 Å². The Labute approximate surface area is 86.1 Å².